The van der Waals surface area contributed by atoms with Crippen LogP contribution in [0.5, 0.6) is 0 Å². The largest absolute Gasteiger partial charge is 0.463 e. The minimum Gasteiger partial charge on any atom is -0.463 e. The van der Waals surface area contributed by atoms with Gasteiger partial charge in [0.05, 0.1) is 18.2 Å². The van der Waals surface area contributed by atoms with E-state index in [2.05, 4.69) is 17.3 Å². The van der Waals surface area contributed by atoms with Gasteiger partial charge < -0.3 is 10.1 Å². The number of likely N-dealkylation sites (N-methyl/N-ethyl adjacent to an activating group) is 2. The maximum Gasteiger partial charge on any atom is 0.338 e. The second kappa shape index (κ2) is 9.24. The summed E-state index contributed by atoms with van der Waals surface area (Å²) in [5, 5.41) is 2.96. The Kier molecular flexibility index (Phi) is 6.73. The molecular formula is C22H31N3O3. The third-order valence-electron chi connectivity index (χ3n) is 5.80. The third kappa shape index (κ3) is 4.38. The molecule has 0 saturated heterocycles. The Morgan fingerprint density at radius 3 is 2.54 bits per heavy atom. The van der Waals surface area contributed by atoms with Crippen LogP contribution < -0.4 is 5.32 Å². The number of urea groups is 1. The summed E-state index contributed by atoms with van der Waals surface area (Å²) in [6, 6.07) is 9.39. The summed E-state index contributed by atoms with van der Waals surface area (Å²) in [6.45, 7) is 2.65. The quantitative estimate of drug-likeness (QED) is 0.762. The molecule has 2 aliphatic rings. The molecule has 1 fully saturated rings. The van der Waals surface area contributed by atoms with E-state index in [1.165, 1.54) is 19.3 Å². The molecule has 6 heteroatoms. The molecule has 1 heterocycles. The van der Waals surface area contributed by atoms with Gasteiger partial charge in [-0.2, -0.15) is 0 Å². The molecule has 0 aromatic heterocycles. The fraction of sp³-hybridized carbons (Fsp3) is 0.545. The van der Waals surface area contributed by atoms with Crippen molar-refractivity contribution in [2.24, 2.45) is 0 Å². The van der Waals surface area contributed by atoms with Gasteiger partial charge in [-0.25, -0.2) is 9.59 Å². The van der Waals surface area contributed by atoms with Crippen LogP contribution in [0.1, 0.15) is 50.6 Å². The van der Waals surface area contributed by atoms with Crippen molar-refractivity contribution in [3.63, 3.8) is 0 Å². The average molecular weight is 386 g/mol. The highest BCUT2D eigenvalue weighted by Crippen LogP contribution is 2.32. The van der Waals surface area contributed by atoms with Crippen LogP contribution in [0.15, 0.2) is 41.6 Å². The number of hydrogen-bond acceptors (Lipinski definition) is 4. The highest BCUT2D eigenvalue weighted by atomic mass is 16.5. The number of ether oxygens (including phenoxy) is 1. The summed E-state index contributed by atoms with van der Waals surface area (Å²) in [6.07, 6.45) is 6.09. The minimum absolute atomic E-state index is 0.200. The van der Waals surface area contributed by atoms with Crippen LogP contribution in [0.2, 0.25) is 0 Å². The molecule has 3 rings (SSSR count). The van der Waals surface area contributed by atoms with Gasteiger partial charge in [-0.05, 0) is 32.4 Å². The molecule has 0 bridgehead atoms. The number of carbonyl (C=O) groups excluding carboxylic acids is 2. The Balaban J connectivity index is 1.99. The predicted molar refractivity (Wildman–Crippen MR) is 109 cm³/mol. The van der Waals surface area contributed by atoms with Crippen molar-refractivity contribution in [1.29, 1.82) is 0 Å². The van der Waals surface area contributed by atoms with E-state index in [0.717, 1.165) is 24.1 Å². The van der Waals surface area contributed by atoms with Gasteiger partial charge in [0.15, 0.2) is 0 Å². The number of rotatable bonds is 6. The Hall–Kier alpha value is -2.34. The maximum absolute atomic E-state index is 12.9. The lowest BCUT2D eigenvalue weighted by atomic mass is 9.92. The zero-order chi connectivity index (χ0) is 20.1. The lowest BCUT2D eigenvalue weighted by Gasteiger charge is -2.38. The molecule has 1 aliphatic heterocycles. The van der Waals surface area contributed by atoms with Crippen LogP contribution in [-0.4, -0.2) is 55.1 Å². The van der Waals surface area contributed by atoms with E-state index in [1.54, 1.807) is 18.9 Å². The van der Waals surface area contributed by atoms with E-state index < -0.39 is 6.04 Å². The summed E-state index contributed by atoms with van der Waals surface area (Å²) in [4.78, 5) is 29.5. The lowest BCUT2D eigenvalue weighted by Crippen LogP contribution is -2.50. The minimum atomic E-state index is -0.501. The molecule has 1 N–H and O–H groups in total. The molecule has 1 saturated carbocycles. The summed E-state index contributed by atoms with van der Waals surface area (Å²) < 4.78 is 5.38. The Labute approximate surface area is 167 Å². The Morgan fingerprint density at radius 1 is 1.21 bits per heavy atom. The maximum atomic E-state index is 12.9. The standard InChI is InChI=1S/C22H31N3O3/c1-4-28-21(26)19-18(15-24(2)17-13-9-6-10-14-17)25(3)22(27)23-20(19)16-11-7-5-8-12-16/h5,7-8,11-12,17,20H,4,6,9-10,13-15H2,1-3H3,(H,23,27). The fourth-order valence-electron chi connectivity index (χ4n) is 4.18. The van der Waals surface area contributed by atoms with Gasteiger partial charge in [0.25, 0.3) is 0 Å². The Bertz CT molecular complexity index is 726. The Morgan fingerprint density at radius 2 is 1.89 bits per heavy atom. The molecule has 1 unspecified atom stereocenters. The average Bonchev–Trinajstić information content (AvgIpc) is 2.72. The van der Waals surface area contributed by atoms with E-state index in [0.29, 0.717) is 24.8 Å². The summed E-state index contributed by atoms with van der Waals surface area (Å²) in [7, 11) is 3.81. The first-order valence-electron chi connectivity index (χ1n) is 10.2. The molecule has 0 spiro atoms. The van der Waals surface area contributed by atoms with Gasteiger partial charge in [0, 0.05) is 25.3 Å². The highest BCUT2D eigenvalue weighted by molar-refractivity contribution is 5.95. The van der Waals surface area contributed by atoms with Crippen LogP contribution >= 0.6 is 0 Å². The second-order valence-electron chi connectivity index (χ2n) is 7.64. The van der Waals surface area contributed by atoms with E-state index in [9.17, 15) is 9.59 Å². The van der Waals surface area contributed by atoms with Crippen LogP contribution in [0.3, 0.4) is 0 Å². The molecule has 1 aromatic carbocycles. The van der Waals surface area contributed by atoms with E-state index in [4.69, 9.17) is 4.74 Å². The number of hydrogen-bond donors (Lipinski definition) is 1. The lowest BCUT2D eigenvalue weighted by molar-refractivity contribution is -0.139. The molecule has 2 amide bonds. The first-order chi connectivity index (χ1) is 13.5. The number of benzene rings is 1. The zero-order valence-electron chi connectivity index (χ0n) is 17.1. The molecule has 6 nitrogen and oxygen atoms in total. The first kappa shape index (κ1) is 20.4. The van der Waals surface area contributed by atoms with Crippen molar-refractivity contribution in [3.05, 3.63) is 47.2 Å². The first-order valence-corrected chi connectivity index (χ1v) is 10.2. The van der Waals surface area contributed by atoms with Crippen LogP contribution in [0.4, 0.5) is 4.79 Å². The van der Waals surface area contributed by atoms with Crippen LogP contribution in [-0.2, 0) is 9.53 Å². The van der Waals surface area contributed by atoms with Crippen molar-refractivity contribution in [1.82, 2.24) is 15.1 Å². The number of esters is 1. The van der Waals surface area contributed by atoms with E-state index in [1.807, 2.05) is 30.3 Å². The fourth-order valence-corrected chi connectivity index (χ4v) is 4.18. The smallest absolute Gasteiger partial charge is 0.338 e. The molecule has 1 aromatic rings. The van der Waals surface area contributed by atoms with Gasteiger partial charge in [-0.3, -0.25) is 9.80 Å². The van der Waals surface area contributed by atoms with Crippen LogP contribution in [0, 0.1) is 0 Å². The molecule has 152 valence electrons. The van der Waals surface area contributed by atoms with E-state index >= 15 is 0 Å². The van der Waals surface area contributed by atoms with Gasteiger partial charge in [-0.15, -0.1) is 0 Å². The van der Waals surface area contributed by atoms with Gasteiger partial charge in [0.1, 0.15) is 0 Å². The third-order valence-corrected chi connectivity index (χ3v) is 5.80. The number of nitrogens with one attached hydrogen (secondary N) is 1. The van der Waals surface area contributed by atoms with Crippen molar-refractivity contribution in [2.75, 3.05) is 27.2 Å². The normalized spacial score (nSPS) is 21.1. The highest BCUT2D eigenvalue weighted by Gasteiger charge is 2.37. The van der Waals surface area contributed by atoms with Gasteiger partial charge in [0.2, 0.25) is 0 Å². The summed E-state index contributed by atoms with van der Waals surface area (Å²) in [5.41, 5.74) is 2.13. The summed E-state index contributed by atoms with van der Waals surface area (Å²) >= 11 is 0. The van der Waals surface area contributed by atoms with Crippen LogP contribution in [0.25, 0.3) is 0 Å². The number of carbonyl (C=O) groups is 2. The molecule has 1 aliphatic carbocycles. The monoisotopic (exact) mass is 385 g/mol. The van der Waals surface area contributed by atoms with Crippen molar-refractivity contribution in [2.45, 2.75) is 51.1 Å². The zero-order valence-corrected chi connectivity index (χ0v) is 17.1. The van der Waals surface area contributed by atoms with Crippen molar-refractivity contribution < 1.29 is 14.3 Å². The molecular weight excluding hydrogens is 354 g/mol. The molecule has 0 radical (unpaired) electrons. The molecule has 28 heavy (non-hydrogen) atoms. The predicted octanol–water partition coefficient (Wildman–Crippen LogP) is 3.46. The topological polar surface area (TPSA) is 61.9 Å². The number of nitrogens with zero attached hydrogens (tertiary/aromatic N) is 2. The number of amides is 2. The SMILES string of the molecule is CCOC(=O)C1=C(CN(C)C2CCCCC2)N(C)C(=O)NC1c1ccccc1. The van der Waals surface area contributed by atoms with Crippen molar-refractivity contribution in [3.8, 4) is 0 Å². The van der Waals surface area contributed by atoms with Gasteiger partial charge in [-0.1, -0.05) is 49.6 Å². The summed E-state index contributed by atoms with van der Waals surface area (Å²) in [5.74, 6) is -0.366. The van der Waals surface area contributed by atoms with E-state index in [-0.39, 0.29) is 12.0 Å². The molecule has 1 atom stereocenters. The second-order valence-corrected chi connectivity index (χ2v) is 7.64. The van der Waals surface area contributed by atoms with Gasteiger partial charge >= 0.3 is 12.0 Å². The van der Waals surface area contributed by atoms with Crippen molar-refractivity contribution >= 4 is 12.0 Å².